The van der Waals surface area contributed by atoms with Gasteiger partial charge >= 0.3 is 0 Å². The van der Waals surface area contributed by atoms with Crippen molar-refractivity contribution in [3.8, 4) is 23.0 Å². The summed E-state index contributed by atoms with van der Waals surface area (Å²) in [6.45, 7) is -0.0742. The zero-order valence-corrected chi connectivity index (χ0v) is 23.9. The van der Waals surface area contributed by atoms with Crippen molar-refractivity contribution in [1.29, 1.82) is 0 Å². The molecule has 0 aromatic heterocycles. The average Bonchev–Trinajstić information content (AvgIpc) is 2.94. The van der Waals surface area contributed by atoms with Gasteiger partial charge in [0.05, 0.1) is 20.6 Å². The molecule has 0 unspecified atom stereocenters. The molecule has 0 aliphatic rings. The van der Waals surface area contributed by atoms with Crippen molar-refractivity contribution in [2.45, 2.75) is 17.9 Å². The molecule has 0 atom stereocenters. The third kappa shape index (κ3) is 7.45. The van der Waals surface area contributed by atoms with Crippen LogP contribution >= 0.6 is 23.2 Å². The molecule has 0 fully saturated rings. The van der Waals surface area contributed by atoms with Crippen molar-refractivity contribution in [1.82, 2.24) is 4.72 Å². The molecule has 4 aromatic carbocycles. The second kappa shape index (κ2) is 13.1. The van der Waals surface area contributed by atoms with Gasteiger partial charge in [0.25, 0.3) is 0 Å². The maximum atomic E-state index is 13.6. The topological polar surface area (TPSA) is 103 Å². The van der Waals surface area contributed by atoms with Gasteiger partial charge in [-0.1, -0.05) is 53.5 Å². The summed E-state index contributed by atoms with van der Waals surface area (Å²) in [6.07, 6.45) is 0.0119. The van der Waals surface area contributed by atoms with E-state index in [0.29, 0.717) is 38.4 Å². The number of hydrogen-bond acceptors (Lipinski definition) is 6. The largest absolute Gasteiger partial charge is 0.497 e. The molecule has 0 saturated heterocycles. The number of carbonyl (C=O) groups is 1. The quantitative estimate of drug-likeness (QED) is 0.205. The molecule has 0 aliphatic carbocycles. The van der Waals surface area contributed by atoms with Crippen molar-refractivity contribution in [2.75, 3.05) is 19.5 Å². The summed E-state index contributed by atoms with van der Waals surface area (Å²) in [5, 5.41) is 3.62. The average molecular weight is 602 g/mol. The highest BCUT2D eigenvalue weighted by molar-refractivity contribution is 7.89. The van der Waals surface area contributed by atoms with Crippen molar-refractivity contribution >= 4 is 44.8 Å². The predicted molar refractivity (Wildman–Crippen MR) is 155 cm³/mol. The Bertz CT molecular complexity index is 1630. The van der Waals surface area contributed by atoms with Gasteiger partial charge in [-0.25, -0.2) is 13.1 Å². The van der Waals surface area contributed by atoms with Gasteiger partial charge in [-0.2, -0.15) is 0 Å². The lowest BCUT2D eigenvalue weighted by Crippen LogP contribution is -2.24. The van der Waals surface area contributed by atoms with Crippen LogP contribution in [0.2, 0.25) is 10.0 Å². The van der Waals surface area contributed by atoms with E-state index in [9.17, 15) is 13.2 Å². The highest BCUT2D eigenvalue weighted by Crippen LogP contribution is 2.33. The summed E-state index contributed by atoms with van der Waals surface area (Å²) in [7, 11) is -1.14. The highest BCUT2D eigenvalue weighted by atomic mass is 35.5. The van der Waals surface area contributed by atoms with E-state index in [2.05, 4.69) is 10.0 Å². The first kappa shape index (κ1) is 29.2. The van der Waals surface area contributed by atoms with Crippen LogP contribution in [-0.2, 0) is 27.8 Å². The minimum atomic E-state index is -4.15. The van der Waals surface area contributed by atoms with E-state index >= 15 is 0 Å². The minimum Gasteiger partial charge on any atom is -0.497 e. The maximum absolute atomic E-state index is 13.6. The molecule has 0 spiro atoms. The Kier molecular flexibility index (Phi) is 9.54. The number of rotatable bonds is 11. The first-order valence-corrected chi connectivity index (χ1v) is 14.2. The third-order valence-electron chi connectivity index (χ3n) is 5.80. The molecule has 208 valence electrons. The summed E-state index contributed by atoms with van der Waals surface area (Å²) in [4.78, 5) is 12.6. The van der Waals surface area contributed by atoms with E-state index in [0.717, 1.165) is 0 Å². The lowest BCUT2D eigenvalue weighted by molar-refractivity contribution is -0.115. The van der Waals surface area contributed by atoms with Crippen LogP contribution in [0.3, 0.4) is 0 Å². The molecule has 0 aliphatic heterocycles. The monoisotopic (exact) mass is 600 g/mol. The van der Waals surface area contributed by atoms with Gasteiger partial charge < -0.3 is 19.5 Å². The molecular weight excluding hydrogens is 575 g/mol. The number of anilines is 1. The Morgan fingerprint density at radius 1 is 0.800 bits per heavy atom. The fourth-order valence-electron chi connectivity index (χ4n) is 3.81. The van der Waals surface area contributed by atoms with E-state index < -0.39 is 10.0 Å². The maximum Gasteiger partial charge on any atom is 0.244 e. The molecule has 11 heteroatoms. The highest BCUT2D eigenvalue weighted by Gasteiger charge is 2.22. The second-order valence-corrected chi connectivity index (χ2v) is 11.1. The number of amides is 1. The van der Waals surface area contributed by atoms with Gasteiger partial charge in [-0.05, 0) is 54.1 Å². The van der Waals surface area contributed by atoms with E-state index in [1.807, 2.05) is 0 Å². The minimum absolute atomic E-state index is 0.0119. The Balaban J connectivity index is 1.63. The zero-order chi connectivity index (χ0) is 28.7. The lowest BCUT2D eigenvalue weighted by Gasteiger charge is -2.16. The summed E-state index contributed by atoms with van der Waals surface area (Å²) in [5.74, 6) is 1.05. The summed E-state index contributed by atoms with van der Waals surface area (Å²) in [5.41, 5.74) is 1.50. The third-order valence-corrected chi connectivity index (χ3v) is 7.82. The first-order valence-electron chi connectivity index (χ1n) is 12.0. The van der Waals surface area contributed by atoms with Crippen molar-refractivity contribution in [2.24, 2.45) is 0 Å². The van der Waals surface area contributed by atoms with Crippen LogP contribution in [-0.4, -0.2) is 28.5 Å². The molecule has 0 radical (unpaired) electrons. The molecule has 1 amide bonds. The number of hydrogen-bond donors (Lipinski definition) is 2. The molecule has 0 saturated carbocycles. The number of sulfonamides is 1. The number of carbonyl (C=O) groups excluding carboxylic acids is 1. The number of nitrogens with one attached hydrogen (secondary N) is 2. The summed E-state index contributed by atoms with van der Waals surface area (Å²) in [6, 6.07) is 23.0. The molecule has 4 rings (SSSR count). The molecule has 0 bridgehead atoms. The van der Waals surface area contributed by atoms with Gasteiger partial charge in [0.2, 0.25) is 15.9 Å². The molecule has 0 heterocycles. The van der Waals surface area contributed by atoms with Crippen LogP contribution in [0.15, 0.2) is 89.8 Å². The molecule has 4 aromatic rings. The number of halogens is 2. The standard InChI is InChI=1S/C29H26Cl2N2O6S/c1-37-23-12-10-20(27(17-23)38-2)18-32-40(35,36)28-16-22(33-29(34)14-19-6-3-4-9-25(19)31)11-13-26(28)39-24-8-5-7-21(30)15-24/h3-13,15-17,32H,14,18H2,1-2H3,(H,33,34). The van der Waals surface area contributed by atoms with E-state index in [4.69, 9.17) is 37.4 Å². The second-order valence-electron chi connectivity index (χ2n) is 8.54. The Hall–Kier alpha value is -3.76. The number of ether oxygens (including phenoxy) is 3. The van der Waals surface area contributed by atoms with Crippen LogP contribution in [0.1, 0.15) is 11.1 Å². The normalized spacial score (nSPS) is 11.1. The van der Waals surface area contributed by atoms with Crippen LogP contribution in [0.25, 0.3) is 0 Å². The Morgan fingerprint density at radius 3 is 2.33 bits per heavy atom. The van der Waals surface area contributed by atoms with Crippen molar-refractivity contribution in [3.05, 3.63) is 106 Å². The van der Waals surface area contributed by atoms with Gasteiger partial charge in [-0.3, -0.25) is 4.79 Å². The molecule has 40 heavy (non-hydrogen) atoms. The van der Waals surface area contributed by atoms with E-state index in [1.165, 1.54) is 26.4 Å². The summed E-state index contributed by atoms with van der Waals surface area (Å²) < 4.78 is 46.2. The van der Waals surface area contributed by atoms with Gasteiger partial charge in [-0.15, -0.1) is 0 Å². The fourth-order valence-corrected chi connectivity index (χ4v) is 5.35. The van der Waals surface area contributed by atoms with Gasteiger partial charge in [0.15, 0.2) is 0 Å². The van der Waals surface area contributed by atoms with Crippen LogP contribution < -0.4 is 24.2 Å². The number of benzene rings is 4. The molecular formula is C29H26Cl2N2O6S. The van der Waals surface area contributed by atoms with Crippen molar-refractivity contribution in [3.63, 3.8) is 0 Å². The van der Waals surface area contributed by atoms with Crippen molar-refractivity contribution < 1.29 is 27.4 Å². The van der Waals surface area contributed by atoms with Gasteiger partial charge in [0.1, 0.15) is 27.9 Å². The molecule has 8 nitrogen and oxygen atoms in total. The Labute approximate surface area is 242 Å². The van der Waals surface area contributed by atoms with Crippen LogP contribution in [0.5, 0.6) is 23.0 Å². The predicted octanol–water partition coefficient (Wildman–Crippen LogP) is 6.46. The summed E-state index contributed by atoms with van der Waals surface area (Å²) >= 11 is 12.3. The van der Waals surface area contributed by atoms with E-state index in [1.54, 1.807) is 72.8 Å². The number of methoxy groups -OCH3 is 2. The fraction of sp³-hybridized carbons (Fsp3) is 0.138. The van der Waals surface area contributed by atoms with Crippen LogP contribution in [0.4, 0.5) is 5.69 Å². The zero-order valence-electron chi connectivity index (χ0n) is 21.6. The SMILES string of the molecule is COc1ccc(CNS(=O)(=O)c2cc(NC(=O)Cc3ccccc3Cl)ccc2Oc2cccc(Cl)c2)c(OC)c1. The molecule has 2 N–H and O–H groups in total. The smallest absolute Gasteiger partial charge is 0.244 e. The van der Waals surface area contributed by atoms with Gasteiger partial charge in [0, 0.05) is 33.9 Å². The Morgan fingerprint density at radius 2 is 1.60 bits per heavy atom. The lowest BCUT2D eigenvalue weighted by atomic mass is 10.1. The van der Waals surface area contributed by atoms with E-state index in [-0.39, 0.29) is 35.2 Å². The first-order chi connectivity index (χ1) is 19.2. The van der Waals surface area contributed by atoms with Crippen LogP contribution in [0, 0.1) is 0 Å².